The van der Waals surface area contributed by atoms with Gasteiger partial charge < -0.3 is 5.73 Å². The lowest BCUT2D eigenvalue weighted by atomic mass is 9.82. The van der Waals surface area contributed by atoms with Crippen molar-refractivity contribution in [1.29, 1.82) is 0 Å². The number of Topliss-reactive ketones (excluding diaryl/α,β-unsaturated/α-hetero) is 1. The molecule has 3 nitrogen and oxygen atoms in total. The van der Waals surface area contributed by atoms with Crippen LogP contribution in [-0.4, -0.2) is 18.7 Å². The van der Waals surface area contributed by atoms with E-state index in [1.807, 2.05) is 0 Å². The summed E-state index contributed by atoms with van der Waals surface area (Å²) >= 11 is 0. The molecule has 0 amide bonds. The highest BCUT2D eigenvalue weighted by Crippen LogP contribution is 2.26. The first-order chi connectivity index (χ1) is 4.75. The van der Waals surface area contributed by atoms with E-state index in [9.17, 15) is 4.79 Å². The largest absolute Gasteiger partial charge is 0.381 e. The minimum absolute atomic E-state index is 0.0359. The summed E-state index contributed by atoms with van der Waals surface area (Å²) in [5.74, 6) is 0.405. The minimum atomic E-state index is 0.0359. The van der Waals surface area contributed by atoms with Crippen molar-refractivity contribution in [3.8, 4) is 0 Å². The maximum atomic E-state index is 11.1. The fourth-order valence-corrected chi connectivity index (χ4v) is 0.990. The van der Waals surface area contributed by atoms with Gasteiger partial charge in [-0.25, -0.2) is 0 Å². The van der Waals surface area contributed by atoms with Crippen molar-refractivity contribution in [3.63, 3.8) is 0 Å². The third-order valence-corrected chi connectivity index (χ3v) is 1.97. The topological polar surface area (TPSA) is 55.4 Å². The highest BCUT2D eigenvalue weighted by molar-refractivity contribution is 6.39. The summed E-state index contributed by atoms with van der Waals surface area (Å²) in [6.45, 7) is 0. The molecule has 1 fully saturated rings. The van der Waals surface area contributed by atoms with Gasteiger partial charge in [0.25, 0.3) is 0 Å². The first kappa shape index (κ1) is 7.25. The number of carbonyl (C=O) groups is 1. The normalized spacial score (nSPS) is 20.3. The molecular weight excluding hydrogens is 128 g/mol. The lowest BCUT2D eigenvalue weighted by molar-refractivity contribution is -0.118. The van der Waals surface area contributed by atoms with E-state index >= 15 is 0 Å². The van der Waals surface area contributed by atoms with E-state index in [0.717, 1.165) is 19.3 Å². The molecular formula is C7H12N2O. The van der Waals surface area contributed by atoms with E-state index in [2.05, 4.69) is 4.99 Å². The Kier molecular flexibility index (Phi) is 2.04. The first-order valence-electron chi connectivity index (χ1n) is 3.52. The third-order valence-electron chi connectivity index (χ3n) is 1.97. The number of aliphatic imine (C=N–C) groups is 1. The maximum absolute atomic E-state index is 11.1. The Hall–Kier alpha value is -0.860. The fourth-order valence-electron chi connectivity index (χ4n) is 0.990. The van der Waals surface area contributed by atoms with Crippen molar-refractivity contribution in [3.05, 3.63) is 0 Å². The third kappa shape index (κ3) is 1.17. The number of carbonyl (C=O) groups excluding carboxylic acids is 1. The number of hydrogen-bond donors (Lipinski definition) is 1. The summed E-state index contributed by atoms with van der Waals surface area (Å²) in [6.07, 6.45) is 3.15. The summed E-state index contributed by atoms with van der Waals surface area (Å²) in [6, 6.07) is 0. The van der Waals surface area contributed by atoms with Crippen LogP contribution in [0.2, 0.25) is 0 Å². The smallest absolute Gasteiger partial charge is 0.200 e. The molecule has 1 aliphatic carbocycles. The molecule has 56 valence electrons. The summed E-state index contributed by atoms with van der Waals surface area (Å²) < 4.78 is 0. The zero-order chi connectivity index (χ0) is 7.56. The Labute approximate surface area is 60.3 Å². The number of amidine groups is 1. The van der Waals surface area contributed by atoms with Gasteiger partial charge in [0.05, 0.1) is 0 Å². The van der Waals surface area contributed by atoms with Gasteiger partial charge in [-0.05, 0) is 12.8 Å². The minimum Gasteiger partial charge on any atom is -0.381 e. The Morgan fingerprint density at radius 2 is 2.20 bits per heavy atom. The predicted octanol–water partition coefficient (Wildman–Crippen LogP) is 0.343. The SMILES string of the molecule is CN=C(N)C(=O)C1CCC1. The van der Waals surface area contributed by atoms with Crippen molar-refractivity contribution < 1.29 is 4.79 Å². The molecule has 0 unspecified atom stereocenters. The van der Waals surface area contributed by atoms with Crippen molar-refractivity contribution in [1.82, 2.24) is 0 Å². The molecule has 2 N–H and O–H groups in total. The molecule has 1 aliphatic rings. The van der Waals surface area contributed by atoms with E-state index in [0.29, 0.717) is 0 Å². The van der Waals surface area contributed by atoms with E-state index in [1.54, 1.807) is 7.05 Å². The van der Waals surface area contributed by atoms with Gasteiger partial charge in [0.2, 0.25) is 0 Å². The number of ketones is 1. The van der Waals surface area contributed by atoms with Crippen LogP contribution in [0, 0.1) is 5.92 Å². The van der Waals surface area contributed by atoms with E-state index in [4.69, 9.17) is 5.73 Å². The molecule has 0 aromatic carbocycles. The fraction of sp³-hybridized carbons (Fsp3) is 0.714. The number of nitrogens with zero attached hydrogens (tertiary/aromatic N) is 1. The quantitative estimate of drug-likeness (QED) is 0.444. The average Bonchev–Trinajstić information content (AvgIpc) is 1.82. The molecule has 0 spiro atoms. The molecule has 1 saturated carbocycles. The van der Waals surface area contributed by atoms with E-state index < -0.39 is 0 Å². The summed E-state index contributed by atoms with van der Waals surface area (Å²) in [5, 5.41) is 0. The maximum Gasteiger partial charge on any atom is 0.200 e. The summed E-state index contributed by atoms with van der Waals surface area (Å²) in [7, 11) is 1.55. The van der Waals surface area contributed by atoms with Crippen LogP contribution in [0.4, 0.5) is 0 Å². The summed E-state index contributed by atoms with van der Waals surface area (Å²) in [4.78, 5) is 14.7. The van der Waals surface area contributed by atoms with Gasteiger partial charge in [0.1, 0.15) is 0 Å². The van der Waals surface area contributed by atoms with Crippen LogP contribution < -0.4 is 5.73 Å². The van der Waals surface area contributed by atoms with Crippen LogP contribution in [0.5, 0.6) is 0 Å². The molecule has 0 bridgehead atoms. The van der Waals surface area contributed by atoms with E-state index in [1.165, 1.54) is 0 Å². The Balaban J connectivity index is 2.48. The van der Waals surface area contributed by atoms with Gasteiger partial charge >= 0.3 is 0 Å². The lowest BCUT2D eigenvalue weighted by Crippen LogP contribution is -2.33. The van der Waals surface area contributed by atoms with Crippen LogP contribution in [0.1, 0.15) is 19.3 Å². The second-order valence-corrected chi connectivity index (χ2v) is 2.60. The molecule has 0 aromatic heterocycles. The Morgan fingerprint density at radius 3 is 2.50 bits per heavy atom. The molecule has 10 heavy (non-hydrogen) atoms. The van der Waals surface area contributed by atoms with Crippen LogP contribution in [0.3, 0.4) is 0 Å². The van der Waals surface area contributed by atoms with Gasteiger partial charge in [-0.3, -0.25) is 9.79 Å². The zero-order valence-electron chi connectivity index (χ0n) is 6.13. The van der Waals surface area contributed by atoms with Crippen LogP contribution in [0.15, 0.2) is 4.99 Å². The first-order valence-corrected chi connectivity index (χ1v) is 3.52. The average molecular weight is 140 g/mol. The van der Waals surface area contributed by atoms with Crippen molar-refractivity contribution in [2.24, 2.45) is 16.6 Å². The van der Waals surface area contributed by atoms with Gasteiger partial charge in [-0.15, -0.1) is 0 Å². The molecule has 0 atom stereocenters. The standard InChI is InChI=1S/C7H12N2O/c1-9-7(8)6(10)5-3-2-4-5/h5H,2-4H2,1H3,(H2,8,9). The number of rotatable bonds is 2. The highest BCUT2D eigenvalue weighted by atomic mass is 16.1. The van der Waals surface area contributed by atoms with Crippen molar-refractivity contribution >= 4 is 11.6 Å². The Bertz CT molecular complexity index is 170. The zero-order valence-corrected chi connectivity index (χ0v) is 6.13. The predicted molar refractivity (Wildman–Crippen MR) is 39.9 cm³/mol. The van der Waals surface area contributed by atoms with Gasteiger partial charge in [-0.1, -0.05) is 6.42 Å². The lowest BCUT2D eigenvalue weighted by Gasteiger charge is -2.22. The molecule has 0 aromatic rings. The van der Waals surface area contributed by atoms with Crippen LogP contribution in [0.25, 0.3) is 0 Å². The highest BCUT2D eigenvalue weighted by Gasteiger charge is 2.26. The molecule has 1 rings (SSSR count). The van der Waals surface area contributed by atoms with Gasteiger partial charge in [0.15, 0.2) is 11.6 Å². The summed E-state index contributed by atoms with van der Waals surface area (Å²) in [5.41, 5.74) is 5.33. The molecule has 0 aliphatic heterocycles. The van der Waals surface area contributed by atoms with Gasteiger partial charge in [0, 0.05) is 13.0 Å². The van der Waals surface area contributed by atoms with Crippen molar-refractivity contribution in [2.45, 2.75) is 19.3 Å². The van der Waals surface area contributed by atoms with E-state index in [-0.39, 0.29) is 17.5 Å². The second kappa shape index (κ2) is 2.82. The molecule has 3 heteroatoms. The van der Waals surface area contributed by atoms with Gasteiger partial charge in [-0.2, -0.15) is 0 Å². The molecule has 0 heterocycles. The Morgan fingerprint density at radius 1 is 1.60 bits per heavy atom. The van der Waals surface area contributed by atoms with Crippen molar-refractivity contribution in [2.75, 3.05) is 7.05 Å². The van der Waals surface area contributed by atoms with Crippen LogP contribution >= 0.6 is 0 Å². The number of nitrogens with two attached hydrogens (primary N) is 1. The number of hydrogen-bond acceptors (Lipinski definition) is 2. The molecule has 0 saturated heterocycles. The van der Waals surface area contributed by atoms with Crippen LogP contribution in [-0.2, 0) is 4.79 Å². The molecule has 0 radical (unpaired) electrons. The second-order valence-electron chi connectivity index (χ2n) is 2.60. The monoisotopic (exact) mass is 140 g/mol.